The lowest BCUT2D eigenvalue weighted by Gasteiger charge is -2.24. The molecule has 0 unspecified atom stereocenters. The largest absolute Gasteiger partial charge is 0.467 e. The molecule has 1 atom stereocenters. The number of aliphatic hydroxyl groups excluding tert-OH is 1. The number of nitrogens with zero attached hydrogens (tertiary/aromatic N) is 1. The van der Waals surface area contributed by atoms with Gasteiger partial charge in [0.15, 0.2) is 6.23 Å². The molecule has 0 radical (unpaired) electrons. The van der Waals surface area contributed by atoms with Crippen LogP contribution in [-0.2, 0) is 4.74 Å². The molecule has 1 aliphatic heterocycles. The second kappa shape index (κ2) is 5.73. The summed E-state index contributed by atoms with van der Waals surface area (Å²) in [7, 11) is 0. The van der Waals surface area contributed by atoms with Crippen LogP contribution in [0.15, 0.2) is 42.3 Å². The van der Waals surface area contributed by atoms with E-state index in [4.69, 9.17) is 9.84 Å². The Morgan fingerprint density at radius 1 is 1.29 bits per heavy atom. The van der Waals surface area contributed by atoms with Crippen LogP contribution in [-0.4, -0.2) is 23.2 Å². The highest BCUT2D eigenvalue weighted by molar-refractivity contribution is 5.20. The van der Waals surface area contributed by atoms with Crippen LogP contribution in [0.25, 0.3) is 0 Å². The molecule has 1 aliphatic rings. The summed E-state index contributed by atoms with van der Waals surface area (Å²) in [5.41, 5.74) is 1.13. The fourth-order valence-corrected chi connectivity index (χ4v) is 1.97. The summed E-state index contributed by atoms with van der Waals surface area (Å²) in [6, 6.07) is 10.1. The first-order valence-corrected chi connectivity index (χ1v) is 6.14. The first-order valence-electron chi connectivity index (χ1n) is 6.14. The van der Waals surface area contributed by atoms with Gasteiger partial charge in [-0.3, -0.25) is 0 Å². The lowest BCUT2D eigenvalue weighted by Crippen LogP contribution is -2.21. The highest BCUT2D eigenvalue weighted by Gasteiger charge is 2.26. The Labute approximate surface area is 102 Å². The minimum atomic E-state index is -0.0788. The molecule has 0 aliphatic carbocycles. The monoisotopic (exact) mass is 233 g/mol. The van der Waals surface area contributed by atoms with Gasteiger partial charge in [-0.2, -0.15) is 0 Å². The van der Waals surface area contributed by atoms with E-state index in [-0.39, 0.29) is 12.8 Å². The van der Waals surface area contributed by atoms with Crippen molar-refractivity contribution >= 4 is 0 Å². The number of benzene rings is 1. The van der Waals surface area contributed by atoms with Crippen molar-refractivity contribution in [2.75, 3.05) is 13.2 Å². The van der Waals surface area contributed by atoms with Gasteiger partial charge in [0.25, 0.3) is 0 Å². The molecule has 0 aromatic heterocycles. The maximum Gasteiger partial charge on any atom is 0.198 e. The molecule has 2 rings (SSSR count). The zero-order valence-corrected chi connectivity index (χ0v) is 10.2. The number of ether oxygens (including phenoxy) is 1. The fraction of sp³-hybridized carbons (Fsp3) is 0.429. The van der Waals surface area contributed by atoms with Crippen molar-refractivity contribution in [2.24, 2.45) is 0 Å². The highest BCUT2D eigenvalue weighted by Crippen LogP contribution is 2.31. The average molecular weight is 233 g/mol. The van der Waals surface area contributed by atoms with Crippen molar-refractivity contribution in [3.63, 3.8) is 0 Å². The van der Waals surface area contributed by atoms with Crippen LogP contribution in [0.5, 0.6) is 0 Å². The fourth-order valence-electron chi connectivity index (χ4n) is 1.97. The number of hydrogen-bond donors (Lipinski definition) is 1. The molecule has 3 heteroatoms. The normalized spacial score (nSPS) is 19.1. The standard InChI is InChI=1S/C14H19NO2/c1-2-3-9-15-10-13(11-16)17-14(15)12-7-5-4-6-8-12/h4-8,10,14,16H,2-3,9,11H2,1H3/t14-/m1/s1. The molecule has 92 valence electrons. The third-order valence-corrected chi connectivity index (χ3v) is 2.88. The summed E-state index contributed by atoms with van der Waals surface area (Å²) in [4.78, 5) is 2.16. The summed E-state index contributed by atoms with van der Waals surface area (Å²) in [6.45, 7) is 3.09. The Morgan fingerprint density at radius 3 is 2.71 bits per heavy atom. The van der Waals surface area contributed by atoms with E-state index in [1.807, 2.05) is 24.4 Å². The van der Waals surface area contributed by atoms with E-state index in [1.54, 1.807) is 0 Å². The molecule has 0 spiro atoms. The molecule has 1 aromatic carbocycles. The van der Waals surface area contributed by atoms with Crippen LogP contribution in [0.4, 0.5) is 0 Å². The molecule has 0 saturated heterocycles. The predicted octanol–water partition coefficient (Wildman–Crippen LogP) is 2.65. The van der Waals surface area contributed by atoms with E-state index in [0.29, 0.717) is 5.76 Å². The van der Waals surface area contributed by atoms with Crippen LogP contribution < -0.4 is 0 Å². The quantitative estimate of drug-likeness (QED) is 0.848. The predicted molar refractivity (Wildman–Crippen MR) is 67.1 cm³/mol. The van der Waals surface area contributed by atoms with E-state index < -0.39 is 0 Å². The number of rotatable bonds is 5. The number of unbranched alkanes of at least 4 members (excludes halogenated alkanes) is 1. The lowest BCUT2D eigenvalue weighted by atomic mass is 10.2. The summed E-state index contributed by atoms with van der Waals surface area (Å²) >= 11 is 0. The maximum atomic E-state index is 9.15. The third kappa shape index (κ3) is 2.80. The third-order valence-electron chi connectivity index (χ3n) is 2.88. The van der Waals surface area contributed by atoms with Crippen molar-refractivity contribution in [1.82, 2.24) is 4.90 Å². The van der Waals surface area contributed by atoms with Crippen LogP contribution in [0, 0.1) is 0 Å². The Bertz CT molecular complexity index is 375. The molecule has 0 amide bonds. The zero-order chi connectivity index (χ0) is 12.1. The van der Waals surface area contributed by atoms with Gasteiger partial charge in [-0.25, -0.2) is 0 Å². The Morgan fingerprint density at radius 2 is 2.06 bits per heavy atom. The molecule has 0 saturated carbocycles. The zero-order valence-electron chi connectivity index (χ0n) is 10.2. The highest BCUT2D eigenvalue weighted by atomic mass is 16.5. The van der Waals surface area contributed by atoms with E-state index in [9.17, 15) is 0 Å². The second-order valence-electron chi connectivity index (χ2n) is 4.23. The van der Waals surface area contributed by atoms with Crippen molar-refractivity contribution in [2.45, 2.75) is 26.0 Å². The molecule has 0 fully saturated rings. The van der Waals surface area contributed by atoms with E-state index in [0.717, 1.165) is 24.9 Å². The van der Waals surface area contributed by atoms with E-state index in [2.05, 4.69) is 24.0 Å². The molecular weight excluding hydrogens is 214 g/mol. The van der Waals surface area contributed by atoms with E-state index >= 15 is 0 Å². The smallest absolute Gasteiger partial charge is 0.198 e. The van der Waals surface area contributed by atoms with Gasteiger partial charge in [0.1, 0.15) is 12.4 Å². The molecule has 1 N–H and O–H groups in total. The van der Waals surface area contributed by atoms with Crippen LogP contribution in [0.3, 0.4) is 0 Å². The van der Waals surface area contributed by atoms with Gasteiger partial charge in [-0.1, -0.05) is 43.7 Å². The summed E-state index contributed by atoms with van der Waals surface area (Å²) < 4.78 is 5.74. The topological polar surface area (TPSA) is 32.7 Å². The summed E-state index contributed by atoms with van der Waals surface area (Å²) in [5, 5.41) is 9.15. The van der Waals surface area contributed by atoms with Gasteiger partial charge in [0.2, 0.25) is 0 Å². The molecule has 0 bridgehead atoms. The van der Waals surface area contributed by atoms with Crippen LogP contribution in [0.1, 0.15) is 31.6 Å². The molecule has 17 heavy (non-hydrogen) atoms. The van der Waals surface area contributed by atoms with Gasteiger partial charge in [0, 0.05) is 18.3 Å². The molecule has 3 nitrogen and oxygen atoms in total. The minimum Gasteiger partial charge on any atom is -0.467 e. The first-order chi connectivity index (χ1) is 8.35. The summed E-state index contributed by atoms with van der Waals surface area (Å²) in [6.07, 6.45) is 4.13. The van der Waals surface area contributed by atoms with Crippen LogP contribution >= 0.6 is 0 Å². The minimum absolute atomic E-state index is 0.0358. The summed E-state index contributed by atoms with van der Waals surface area (Å²) in [5.74, 6) is 0.648. The van der Waals surface area contributed by atoms with Gasteiger partial charge >= 0.3 is 0 Å². The molecule has 1 aromatic rings. The van der Waals surface area contributed by atoms with Gasteiger partial charge in [-0.05, 0) is 6.42 Å². The Balaban J connectivity index is 2.11. The van der Waals surface area contributed by atoms with E-state index in [1.165, 1.54) is 0 Å². The van der Waals surface area contributed by atoms with Gasteiger partial charge in [0.05, 0.1) is 0 Å². The van der Waals surface area contributed by atoms with Crippen molar-refractivity contribution in [3.05, 3.63) is 47.9 Å². The van der Waals surface area contributed by atoms with Crippen molar-refractivity contribution < 1.29 is 9.84 Å². The van der Waals surface area contributed by atoms with Crippen molar-refractivity contribution in [1.29, 1.82) is 0 Å². The number of aliphatic hydroxyl groups is 1. The van der Waals surface area contributed by atoms with Gasteiger partial charge in [-0.15, -0.1) is 0 Å². The van der Waals surface area contributed by atoms with Crippen LogP contribution in [0.2, 0.25) is 0 Å². The molecule has 1 heterocycles. The SMILES string of the molecule is CCCCN1C=C(CO)O[C@@H]1c1ccccc1. The Kier molecular flexibility index (Phi) is 4.04. The maximum absolute atomic E-state index is 9.15. The number of hydrogen-bond acceptors (Lipinski definition) is 3. The van der Waals surface area contributed by atoms with Gasteiger partial charge < -0.3 is 14.7 Å². The lowest BCUT2D eigenvalue weighted by molar-refractivity contribution is 0.0305. The Hall–Kier alpha value is -1.48. The van der Waals surface area contributed by atoms with Crippen molar-refractivity contribution in [3.8, 4) is 0 Å². The average Bonchev–Trinajstić information content (AvgIpc) is 2.80. The second-order valence-corrected chi connectivity index (χ2v) is 4.23. The first kappa shape index (κ1) is 12.0. The molecular formula is C14H19NO2.